The van der Waals surface area contributed by atoms with Crippen molar-refractivity contribution in [2.45, 2.75) is 6.92 Å². The Morgan fingerprint density at radius 3 is 2.79 bits per heavy atom. The fraction of sp³-hybridized carbons (Fsp3) is 0.143. The average molecular weight is 370 g/mol. The standard InChI is InChI=1S/C14H11IO4/c1-2-18-14(17)12-7-9(15)3-5-11(12)13-6-4-10(8-16)19-13/h3-8H,2H2,1H3. The van der Waals surface area contributed by atoms with Crippen molar-refractivity contribution in [1.82, 2.24) is 0 Å². The van der Waals surface area contributed by atoms with E-state index in [0.29, 0.717) is 29.8 Å². The van der Waals surface area contributed by atoms with E-state index >= 15 is 0 Å². The summed E-state index contributed by atoms with van der Waals surface area (Å²) in [6.07, 6.45) is 0.625. The molecule has 4 nitrogen and oxygen atoms in total. The van der Waals surface area contributed by atoms with Crippen LogP contribution in [0.15, 0.2) is 34.7 Å². The zero-order valence-electron chi connectivity index (χ0n) is 10.2. The van der Waals surface area contributed by atoms with Crippen LogP contribution < -0.4 is 0 Å². The van der Waals surface area contributed by atoms with Gasteiger partial charge in [0.15, 0.2) is 12.0 Å². The summed E-state index contributed by atoms with van der Waals surface area (Å²) in [7, 11) is 0. The monoisotopic (exact) mass is 370 g/mol. The largest absolute Gasteiger partial charge is 0.462 e. The van der Waals surface area contributed by atoms with Gasteiger partial charge in [-0.3, -0.25) is 4.79 Å². The lowest BCUT2D eigenvalue weighted by Gasteiger charge is -2.07. The van der Waals surface area contributed by atoms with Crippen LogP contribution in [0.2, 0.25) is 0 Å². The molecule has 0 saturated carbocycles. The van der Waals surface area contributed by atoms with Crippen LogP contribution in [0.25, 0.3) is 11.3 Å². The number of furan rings is 1. The topological polar surface area (TPSA) is 56.5 Å². The van der Waals surface area contributed by atoms with E-state index in [4.69, 9.17) is 9.15 Å². The molecule has 0 unspecified atom stereocenters. The first-order valence-electron chi connectivity index (χ1n) is 5.67. The summed E-state index contributed by atoms with van der Waals surface area (Å²) >= 11 is 2.12. The van der Waals surface area contributed by atoms with Gasteiger partial charge in [-0.15, -0.1) is 0 Å². The molecule has 5 heteroatoms. The Morgan fingerprint density at radius 1 is 1.37 bits per heavy atom. The van der Waals surface area contributed by atoms with Crippen LogP contribution in [0.4, 0.5) is 0 Å². The maximum absolute atomic E-state index is 11.9. The highest BCUT2D eigenvalue weighted by Gasteiger charge is 2.16. The highest BCUT2D eigenvalue weighted by atomic mass is 127. The molecule has 0 aliphatic heterocycles. The Morgan fingerprint density at radius 2 is 2.16 bits per heavy atom. The average Bonchev–Trinajstić information content (AvgIpc) is 2.87. The third kappa shape index (κ3) is 3.04. The van der Waals surface area contributed by atoms with Gasteiger partial charge in [0.25, 0.3) is 0 Å². The van der Waals surface area contributed by atoms with E-state index in [1.54, 1.807) is 31.2 Å². The van der Waals surface area contributed by atoms with Crippen molar-refractivity contribution in [3.05, 3.63) is 45.2 Å². The van der Waals surface area contributed by atoms with Crippen molar-refractivity contribution in [3.8, 4) is 11.3 Å². The Hall–Kier alpha value is -1.63. The molecule has 0 aliphatic carbocycles. The van der Waals surface area contributed by atoms with Crippen LogP contribution in [0.5, 0.6) is 0 Å². The van der Waals surface area contributed by atoms with Gasteiger partial charge in [0.1, 0.15) is 5.76 Å². The number of carbonyl (C=O) groups excluding carboxylic acids is 2. The van der Waals surface area contributed by atoms with Crippen molar-refractivity contribution in [2.24, 2.45) is 0 Å². The highest BCUT2D eigenvalue weighted by molar-refractivity contribution is 14.1. The molecule has 2 rings (SSSR count). The van der Waals surface area contributed by atoms with Gasteiger partial charge in [-0.05, 0) is 59.8 Å². The third-order valence-corrected chi connectivity index (χ3v) is 3.16. The fourth-order valence-corrected chi connectivity index (χ4v) is 2.16. The number of carbonyl (C=O) groups is 2. The van der Waals surface area contributed by atoms with Crippen LogP contribution in [0.3, 0.4) is 0 Å². The summed E-state index contributed by atoms with van der Waals surface area (Å²) in [5.74, 6) is 0.296. The molecule has 0 atom stereocenters. The van der Waals surface area contributed by atoms with Crippen molar-refractivity contribution in [1.29, 1.82) is 0 Å². The Labute approximate surface area is 123 Å². The van der Waals surface area contributed by atoms with Crippen molar-refractivity contribution in [2.75, 3.05) is 6.61 Å². The van der Waals surface area contributed by atoms with Crippen molar-refractivity contribution in [3.63, 3.8) is 0 Å². The molecule has 0 saturated heterocycles. The van der Waals surface area contributed by atoms with Gasteiger partial charge < -0.3 is 9.15 Å². The van der Waals surface area contributed by atoms with Gasteiger partial charge in [-0.2, -0.15) is 0 Å². The highest BCUT2D eigenvalue weighted by Crippen LogP contribution is 2.27. The second-order valence-corrected chi connectivity index (χ2v) is 4.98. The maximum atomic E-state index is 11.9. The lowest BCUT2D eigenvalue weighted by Crippen LogP contribution is -2.06. The van der Waals surface area contributed by atoms with Crippen LogP contribution in [-0.2, 0) is 4.74 Å². The Bertz CT molecular complexity index is 616. The number of ether oxygens (including phenoxy) is 1. The predicted molar refractivity (Wildman–Crippen MR) is 78.2 cm³/mol. The zero-order valence-corrected chi connectivity index (χ0v) is 12.3. The normalized spacial score (nSPS) is 10.2. The second-order valence-electron chi connectivity index (χ2n) is 3.73. The van der Waals surface area contributed by atoms with E-state index in [1.165, 1.54) is 0 Å². The molecule has 0 fully saturated rings. The molecule has 0 amide bonds. The van der Waals surface area contributed by atoms with E-state index in [0.717, 1.165) is 3.57 Å². The first kappa shape index (κ1) is 13.8. The molecular formula is C14H11IO4. The lowest BCUT2D eigenvalue weighted by atomic mass is 10.1. The number of halogens is 1. The van der Waals surface area contributed by atoms with Crippen LogP contribution in [0.1, 0.15) is 27.8 Å². The Kier molecular flexibility index (Phi) is 4.36. The molecule has 0 radical (unpaired) electrons. The van der Waals surface area contributed by atoms with Gasteiger partial charge in [0, 0.05) is 9.13 Å². The zero-order chi connectivity index (χ0) is 13.8. The molecule has 0 N–H and O–H groups in total. The van der Waals surface area contributed by atoms with Crippen LogP contribution in [0, 0.1) is 3.57 Å². The SMILES string of the molecule is CCOC(=O)c1cc(I)ccc1-c1ccc(C=O)o1. The molecule has 0 spiro atoms. The predicted octanol–water partition coefficient (Wildman–Crippen LogP) is 3.54. The second kappa shape index (κ2) is 6.01. The summed E-state index contributed by atoms with van der Waals surface area (Å²) in [6.45, 7) is 2.06. The minimum Gasteiger partial charge on any atom is -0.462 e. The summed E-state index contributed by atoms with van der Waals surface area (Å²) in [4.78, 5) is 22.6. The molecule has 0 bridgehead atoms. The number of benzene rings is 1. The molecule has 1 heterocycles. The molecule has 98 valence electrons. The van der Waals surface area contributed by atoms with E-state index < -0.39 is 5.97 Å². The lowest BCUT2D eigenvalue weighted by molar-refractivity contribution is 0.0527. The summed E-state index contributed by atoms with van der Waals surface area (Å²) in [6, 6.07) is 8.60. The van der Waals surface area contributed by atoms with Gasteiger partial charge in [-0.1, -0.05) is 0 Å². The number of esters is 1. The minimum absolute atomic E-state index is 0.225. The first-order chi connectivity index (χ1) is 9.15. The van der Waals surface area contributed by atoms with E-state index in [2.05, 4.69) is 22.6 Å². The van der Waals surface area contributed by atoms with E-state index in [1.807, 2.05) is 6.07 Å². The van der Waals surface area contributed by atoms with E-state index in [9.17, 15) is 9.59 Å². The number of hydrogen-bond donors (Lipinski definition) is 0. The number of hydrogen-bond acceptors (Lipinski definition) is 4. The van der Waals surface area contributed by atoms with Gasteiger partial charge >= 0.3 is 5.97 Å². The molecule has 19 heavy (non-hydrogen) atoms. The first-order valence-corrected chi connectivity index (χ1v) is 6.75. The fourth-order valence-electron chi connectivity index (χ4n) is 1.67. The van der Waals surface area contributed by atoms with Crippen LogP contribution >= 0.6 is 22.6 Å². The minimum atomic E-state index is -0.403. The summed E-state index contributed by atoms with van der Waals surface area (Å²) < 4.78 is 11.3. The van der Waals surface area contributed by atoms with Gasteiger partial charge in [-0.25, -0.2) is 4.79 Å². The molecule has 1 aromatic heterocycles. The number of rotatable bonds is 4. The molecule has 1 aromatic carbocycles. The van der Waals surface area contributed by atoms with Crippen molar-refractivity contribution >= 4 is 34.8 Å². The number of aldehydes is 1. The molecule has 2 aromatic rings. The van der Waals surface area contributed by atoms with Gasteiger partial charge in [0.2, 0.25) is 0 Å². The molecular weight excluding hydrogens is 359 g/mol. The summed E-state index contributed by atoms with van der Waals surface area (Å²) in [5.41, 5.74) is 1.05. The quantitative estimate of drug-likeness (QED) is 0.469. The van der Waals surface area contributed by atoms with E-state index in [-0.39, 0.29) is 5.76 Å². The Balaban J connectivity index is 2.49. The molecule has 0 aliphatic rings. The smallest absolute Gasteiger partial charge is 0.338 e. The van der Waals surface area contributed by atoms with Crippen molar-refractivity contribution < 1.29 is 18.7 Å². The van der Waals surface area contributed by atoms with Gasteiger partial charge in [0.05, 0.1) is 12.2 Å². The van der Waals surface area contributed by atoms with Crippen LogP contribution in [-0.4, -0.2) is 18.9 Å². The third-order valence-electron chi connectivity index (χ3n) is 2.49. The summed E-state index contributed by atoms with van der Waals surface area (Å²) in [5, 5.41) is 0. The maximum Gasteiger partial charge on any atom is 0.338 e.